The number of aromatic nitrogens is 1. The number of hydrogen-bond donors (Lipinski definition) is 2. The van der Waals surface area contributed by atoms with Gasteiger partial charge in [0.2, 0.25) is 10.0 Å². The van der Waals surface area contributed by atoms with Crippen molar-refractivity contribution in [2.45, 2.75) is 13.1 Å². The third-order valence-corrected chi connectivity index (χ3v) is 5.72. The van der Waals surface area contributed by atoms with Gasteiger partial charge in [0.25, 0.3) is 0 Å². The zero-order valence-corrected chi connectivity index (χ0v) is 16.9. The highest BCUT2D eigenvalue weighted by Crippen LogP contribution is 2.29. The van der Waals surface area contributed by atoms with E-state index < -0.39 is 16.0 Å². The maximum absolute atomic E-state index is 13.9. The van der Waals surface area contributed by atoms with Gasteiger partial charge in [0, 0.05) is 29.6 Å². The van der Waals surface area contributed by atoms with Gasteiger partial charge < -0.3 is 9.67 Å². The fourth-order valence-corrected chi connectivity index (χ4v) is 4.19. The zero-order valence-electron chi connectivity index (χ0n) is 16.1. The van der Waals surface area contributed by atoms with E-state index in [1.807, 2.05) is 18.2 Å². The number of nitrogens with zero attached hydrogens (tertiary/aromatic N) is 1. The van der Waals surface area contributed by atoms with Gasteiger partial charge in [-0.05, 0) is 34.5 Å². The highest BCUT2D eigenvalue weighted by atomic mass is 32.2. The third kappa shape index (κ3) is 3.79. The molecule has 0 aliphatic rings. The van der Waals surface area contributed by atoms with Crippen molar-refractivity contribution in [3.63, 3.8) is 0 Å². The first-order valence-corrected chi connectivity index (χ1v) is 11.1. The number of para-hydroxylation sites is 1. The molecule has 0 amide bonds. The summed E-state index contributed by atoms with van der Waals surface area (Å²) in [4.78, 5) is 12.2. The second-order valence-electron chi connectivity index (χ2n) is 7.11. The molecule has 0 aliphatic carbocycles. The number of halogens is 1. The van der Waals surface area contributed by atoms with Crippen molar-refractivity contribution in [2.24, 2.45) is 0 Å². The molecular weight excluding hydrogens is 407 g/mol. The van der Waals surface area contributed by atoms with Gasteiger partial charge in [-0.1, -0.05) is 42.5 Å². The summed E-state index contributed by atoms with van der Waals surface area (Å²) >= 11 is 0. The number of benzene rings is 3. The monoisotopic (exact) mass is 426 g/mol. The molecule has 1 aromatic heterocycles. The van der Waals surface area contributed by atoms with Gasteiger partial charge in [0.1, 0.15) is 11.5 Å². The van der Waals surface area contributed by atoms with Crippen LogP contribution in [0.2, 0.25) is 0 Å². The largest absolute Gasteiger partial charge is 0.477 e. The predicted octanol–water partition coefficient (Wildman–Crippen LogP) is 3.73. The van der Waals surface area contributed by atoms with Crippen LogP contribution in [0.15, 0.2) is 60.7 Å². The van der Waals surface area contributed by atoms with Crippen LogP contribution in [0.25, 0.3) is 21.7 Å². The lowest BCUT2D eigenvalue weighted by atomic mass is 10.0. The number of sulfonamides is 1. The van der Waals surface area contributed by atoms with Gasteiger partial charge in [0.15, 0.2) is 0 Å². The van der Waals surface area contributed by atoms with Crippen LogP contribution in [0.4, 0.5) is 4.39 Å². The topological polar surface area (TPSA) is 88.4 Å². The molecule has 154 valence electrons. The highest BCUT2D eigenvalue weighted by Gasteiger charge is 2.23. The molecule has 0 radical (unpaired) electrons. The summed E-state index contributed by atoms with van der Waals surface area (Å²) in [5.41, 5.74) is 1.81. The molecule has 0 fully saturated rings. The van der Waals surface area contributed by atoms with E-state index in [1.165, 1.54) is 12.1 Å². The number of carbonyl (C=O) groups is 1. The van der Waals surface area contributed by atoms with Gasteiger partial charge >= 0.3 is 5.97 Å². The second kappa shape index (κ2) is 7.55. The summed E-state index contributed by atoms with van der Waals surface area (Å²) in [6, 6.07) is 17.2. The Morgan fingerprint density at radius 1 is 1.07 bits per heavy atom. The van der Waals surface area contributed by atoms with Crippen LogP contribution < -0.4 is 4.72 Å². The maximum atomic E-state index is 13.9. The minimum absolute atomic E-state index is 0.000700. The van der Waals surface area contributed by atoms with Crippen LogP contribution in [0.3, 0.4) is 0 Å². The van der Waals surface area contributed by atoms with E-state index in [9.17, 15) is 22.7 Å². The number of fused-ring (bicyclic) bond motifs is 2. The SMILES string of the molecule is CS(=O)(=O)NCc1c(C(=O)O)n(Cc2cccc3ccc(F)cc23)c2ccccc12. The van der Waals surface area contributed by atoms with Gasteiger partial charge in [-0.15, -0.1) is 0 Å². The first-order chi connectivity index (χ1) is 14.2. The van der Waals surface area contributed by atoms with E-state index in [4.69, 9.17) is 0 Å². The fourth-order valence-electron chi connectivity index (χ4n) is 3.78. The molecule has 0 atom stereocenters. The second-order valence-corrected chi connectivity index (χ2v) is 8.94. The van der Waals surface area contributed by atoms with E-state index in [0.717, 1.165) is 17.2 Å². The number of aromatic carboxylic acids is 1. The number of nitrogens with one attached hydrogen (secondary N) is 1. The van der Waals surface area contributed by atoms with Gasteiger partial charge in [0.05, 0.1) is 6.26 Å². The summed E-state index contributed by atoms with van der Waals surface area (Å²) in [5, 5.41) is 12.1. The summed E-state index contributed by atoms with van der Waals surface area (Å²) in [7, 11) is -3.51. The average molecular weight is 426 g/mol. The summed E-state index contributed by atoms with van der Waals surface area (Å²) < 4.78 is 41.1. The first-order valence-electron chi connectivity index (χ1n) is 9.20. The lowest BCUT2D eigenvalue weighted by Gasteiger charge is -2.12. The molecule has 3 aromatic carbocycles. The third-order valence-electron chi connectivity index (χ3n) is 5.05. The minimum Gasteiger partial charge on any atom is -0.477 e. The molecule has 4 rings (SSSR count). The first kappa shape index (κ1) is 20.1. The molecule has 4 aromatic rings. The highest BCUT2D eigenvalue weighted by molar-refractivity contribution is 7.88. The fraction of sp³-hybridized carbons (Fsp3) is 0.136. The van der Waals surface area contributed by atoms with Crippen molar-refractivity contribution in [1.29, 1.82) is 0 Å². The average Bonchev–Trinajstić information content (AvgIpc) is 3.00. The molecule has 0 unspecified atom stereocenters. The minimum atomic E-state index is -3.51. The Balaban J connectivity index is 1.92. The molecule has 0 saturated heterocycles. The van der Waals surface area contributed by atoms with Crippen LogP contribution >= 0.6 is 0 Å². The molecule has 0 spiro atoms. The smallest absolute Gasteiger partial charge is 0.352 e. The van der Waals surface area contributed by atoms with Gasteiger partial charge in [-0.25, -0.2) is 22.3 Å². The summed E-state index contributed by atoms with van der Waals surface area (Å²) in [6.45, 7) is 0.0555. The van der Waals surface area contributed by atoms with Crippen molar-refractivity contribution < 1.29 is 22.7 Å². The van der Waals surface area contributed by atoms with Crippen molar-refractivity contribution in [3.8, 4) is 0 Å². The number of carboxylic acid groups (broad SMARTS) is 1. The van der Waals surface area contributed by atoms with E-state index in [2.05, 4.69) is 4.72 Å². The molecule has 30 heavy (non-hydrogen) atoms. The molecule has 0 aliphatic heterocycles. The Bertz CT molecular complexity index is 1390. The molecule has 1 heterocycles. The summed E-state index contributed by atoms with van der Waals surface area (Å²) in [6.07, 6.45) is 1.03. The van der Waals surface area contributed by atoms with E-state index in [0.29, 0.717) is 21.9 Å². The van der Waals surface area contributed by atoms with E-state index in [-0.39, 0.29) is 24.6 Å². The van der Waals surface area contributed by atoms with Crippen molar-refractivity contribution in [3.05, 3.63) is 83.3 Å². The van der Waals surface area contributed by atoms with Crippen molar-refractivity contribution in [2.75, 3.05) is 6.26 Å². The van der Waals surface area contributed by atoms with Crippen LogP contribution in [0.5, 0.6) is 0 Å². The van der Waals surface area contributed by atoms with Crippen molar-refractivity contribution in [1.82, 2.24) is 9.29 Å². The van der Waals surface area contributed by atoms with Crippen LogP contribution in [0.1, 0.15) is 21.6 Å². The number of hydrogen-bond acceptors (Lipinski definition) is 3. The predicted molar refractivity (Wildman–Crippen MR) is 114 cm³/mol. The van der Waals surface area contributed by atoms with Gasteiger partial charge in [-0.3, -0.25) is 0 Å². The van der Waals surface area contributed by atoms with E-state index >= 15 is 0 Å². The molecule has 8 heteroatoms. The lowest BCUT2D eigenvalue weighted by molar-refractivity contribution is 0.0685. The normalized spacial score (nSPS) is 11.9. The maximum Gasteiger partial charge on any atom is 0.352 e. The summed E-state index contributed by atoms with van der Waals surface area (Å²) in [5.74, 6) is -1.54. The molecule has 2 N–H and O–H groups in total. The Morgan fingerprint density at radius 2 is 1.83 bits per heavy atom. The zero-order chi connectivity index (χ0) is 21.5. The quantitative estimate of drug-likeness (QED) is 0.492. The van der Waals surface area contributed by atoms with Crippen LogP contribution in [0, 0.1) is 5.82 Å². The van der Waals surface area contributed by atoms with E-state index in [1.54, 1.807) is 34.9 Å². The number of carboxylic acids is 1. The molecular formula is C22H19FN2O4S. The van der Waals surface area contributed by atoms with Gasteiger partial charge in [-0.2, -0.15) is 0 Å². The standard InChI is InChI=1S/C22H19FN2O4S/c1-30(28,29)24-12-19-17-7-2-3-8-20(17)25(21(19)22(26)27)13-15-6-4-5-14-9-10-16(23)11-18(14)15/h2-11,24H,12-13H2,1H3,(H,26,27). The Labute approximate surface area is 172 Å². The Morgan fingerprint density at radius 3 is 2.57 bits per heavy atom. The van der Waals surface area contributed by atoms with Crippen LogP contribution in [-0.4, -0.2) is 30.3 Å². The Kier molecular flexibility index (Phi) is 5.05. The number of rotatable bonds is 6. The van der Waals surface area contributed by atoms with Crippen molar-refractivity contribution >= 4 is 37.7 Å². The molecule has 0 bridgehead atoms. The Hall–Kier alpha value is -3.23. The molecule has 0 saturated carbocycles. The van der Waals surface area contributed by atoms with Crippen LogP contribution in [-0.2, 0) is 23.1 Å². The molecule has 6 nitrogen and oxygen atoms in total. The lowest BCUT2D eigenvalue weighted by Crippen LogP contribution is -2.23.